The van der Waals surface area contributed by atoms with Crippen LogP contribution in [0.5, 0.6) is 0 Å². The number of ether oxygens (including phenoxy) is 1. The summed E-state index contributed by atoms with van der Waals surface area (Å²) in [4.78, 5) is 28.5. The van der Waals surface area contributed by atoms with Gasteiger partial charge in [0, 0.05) is 18.4 Å². The SMILES string of the molecule is O=C(Cc1ccccn1)NCC[C@@H]1CC[C@@H](NC(=O)c2ccccc2F)[C@H](CO)O1. The molecule has 3 rings (SSSR count). The van der Waals surface area contributed by atoms with Gasteiger partial charge in [0.05, 0.1) is 30.7 Å². The third-order valence-electron chi connectivity index (χ3n) is 5.09. The third-order valence-corrected chi connectivity index (χ3v) is 5.09. The number of pyridine rings is 1. The van der Waals surface area contributed by atoms with E-state index in [2.05, 4.69) is 15.6 Å². The number of carbonyl (C=O) groups is 2. The average Bonchev–Trinajstić information content (AvgIpc) is 2.75. The monoisotopic (exact) mass is 415 g/mol. The molecule has 2 aromatic rings. The van der Waals surface area contributed by atoms with Gasteiger partial charge in [0.25, 0.3) is 5.91 Å². The van der Waals surface area contributed by atoms with Gasteiger partial charge in [-0.15, -0.1) is 0 Å². The molecule has 1 aromatic carbocycles. The highest BCUT2D eigenvalue weighted by Gasteiger charge is 2.32. The molecule has 1 aliphatic rings. The molecule has 1 aliphatic heterocycles. The van der Waals surface area contributed by atoms with Gasteiger partial charge in [-0.25, -0.2) is 4.39 Å². The van der Waals surface area contributed by atoms with Crippen LogP contribution in [0.2, 0.25) is 0 Å². The second-order valence-corrected chi connectivity index (χ2v) is 7.25. The van der Waals surface area contributed by atoms with E-state index in [0.717, 1.165) is 0 Å². The van der Waals surface area contributed by atoms with Crippen LogP contribution in [0.1, 0.15) is 35.3 Å². The molecule has 0 aliphatic carbocycles. The number of halogens is 1. The van der Waals surface area contributed by atoms with E-state index in [1.54, 1.807) is 24.4 Å². The van der Waals surface area contributed by atoms with Crippen LogP contribution >= 0.6 is 0 Å². The van der Waals surface area contributed by atoms with E-state index in [1.165, 1.54) is 18.2 Å². The van der Waals surface area contributed by atoms with E-state index in [4.69, 9.17) is 4.74 Å². The second-order valence-electron chi connectivity index (χ2n) is 7.25. The van der Waals surface area contributed by atoms with Gasteiger partial charge in [0.2, 0.25) is 5.91 Å². The summed E-state index contributed by atoms with van der Waals surface area (Å²) in [5.41, 5.74) is 0.671. The van der Waals surface area contributed by atoms with Crippen LogP contribution in [-0.2, 0) is 16.0 Å². The molecule has 1 fully saturated rings. The number of aliphatic hydroxyl groups excluding tert-OH is 1. The predicted octanol–water partition coefficient (Wildman–Crippen LogP) is 1.61. The number of benzene rings is 1. The molecule has 3 atom stereocenters. The first-order valence-corrected chi connectivity index (χ1v) is 10.0. The van der Waals surface area contributed by atoms with E-state index in [9.17, 15) is 19.1 Å². The van der Waals surface area contributed by atoms with Gasteiger partial charge in [-0.05, 0) is 43.5 Å². The first-order chi connectivity index (χ1) is 14.6. The minimum Gasteiger partial charge on any atom is -0.394 e. The predicted molar refractivity (Wildman–Crippen MR) is 108 cm³/mol. The van der Waals surface area contributed by atoms with Crippen LogP contribution in [0.25, 0.3) is 0 Å². The molecule has 3 N–H and O–H groups in total. The Labute approximate surface area is 174 Å². The molecule has 2 amide bonds. The molecule has 7 nitrogen and oxygen atoms in total. The van der Waals surface area contributed by atoms with Crippen molar-refractivity contribution in [3.8, 4) is 0 Å². The zero-order valence-electron chi connectivity index (χ0n) is 16.6. The lowest BCUT2D eigenvalue weighted by atomic mass is 9.96. The first kappa shape index (κ1) is 21.9. The van der Waals surface area contributed by atoms with E-state index in [1.807, 2.05) is 6.07 Å². The number of aliphatic hydroxyl groups is 1. The summed E-state index contributed by atoms with van der Waals surface area (Å²) in [6.07, 6.45) is 3.00. The van der Waals surface area contributed by atoms with E-state index in [0.29, 0.717) is 31.5 Å². The minimum atomic E-state index is -0.591. The standard InChI is InChI=1S/C22H26FN3O4/c23-18-7-2-1-6-17(18)22(29)26-19-9-8-16(30-20(19)14-27)10-12-25-21(28)13-15-5-3-4-11-24-15/h1-7,11,16,19-20,27H,8-10,12-14H2,(H,25,28)(H,26,29)/t16-,19+,20-/m0/s1. The highest BCUT2D eigenvalue weighted by atomic mass is 19.1. The van der Waals surface area contributed by atoms with Crippen LogP contribution < -0.4 is 10.6 Å². The number of nitrogens with zero attached hydrogens (tertiary/aromatic N) is 1. The molecular formula is C22H26FN3O4. The van der Waals surface area contributed by atoms with Gasteiger partial charge in [0.1, 0.15) is 11.9 Å². The molecule has 1 aromatic heterocycles. The number of carbonyl (C=O) groups excluding carboxylic acids is 2. The maximum atomic E-state index is 13.8. The van der Waals surface area contributed by atoms with E-state index >= 15 is 0 Å². The Hall–Kier alpha value is -2.84. The van der Waals surface area contributed by atoms with Crippen molar-refractivity contribution in [3.05, 3.63) is 65.7 Å². The fraction of sp³-hybridized carbons (Fsp3) is 0.409. The van der Waals surface area contributed by atoms with Gasteiger partial charge in [-0.3, -0.25) is 14.6 Å². The summed E-state index contributed by atoms with van der Waals surface area (Å²) in [6, 6.07) is 10.8. The van der Waals surface area contributed by atoms with Crippen LogP contribution in [0.4, 0.5) is 4.39 Å². The Bertz CT molecular complexity index is 849. The topological polar surface area (TPSA) is 101 Å². The van der Waals surface area contributed by atoms with Gasteiger partial charge >= 0.3 is 0 Å². The molecule has 0 radical (unpaired) electrons. The summed E-state index contributed by atoms with van der Waals surface area (Å²) in [5, 5.41) is 15.3. The Kier molecular flexibility index (Phi) is 7.87. The number of nitrogens with one attached hydrogen (secondary N) is 2. The quantitative estimate of drug-likeness (QED) is 0.608. The molecule has 0 bridgehead atoms. The second kappa shape index (κ2) is 10.8. The average molecular weight is 415 g/mol. The van der Waals surface area contributed by atoms with Crippen LogP contribution in [-0.4, -0.2) is 53.3 Å². The third kappa shape index (κ3) is 6.08. The van der Waals surface area contributed by atoms with Crippen molar-refractivity contribution in [1.29, 1.82) is 0 Å². The largest absolute Gasteiger partial charge is 0.394 e. The van der Waals surface area contributed by atoms with Crippen molar-refractivity contribution in [3.63, 3.8) is 0 Å². The van der Waals surface area contributed by atoms with Crippen LogP contribution in [0.15, 0.2) is 48.7 Å². The lowest BCUT2D eigenvalue weighted by Crippen LogP contribution is -2.51. The molecular weight excluding hydrogens is 389 g/mol. The lowest BCUT2D eigenvalue weighted by Gasteiger charge is -2.36. The lowest BCUT2D eigenvalue weighted by molar-refractivity contribution is -0.121. The zero-order valence-corrected chi connectivity index (χ0v) is 16.6. The smallest absolute Gasteiger partial charge is 0.254 e. The first-order valence-electron chi connectivity index (χ1n) is 10.0. The summed E-state index contributed by atoms with van der Waals surface area (Å²) < 4.78 is 19.7. The van der Waals surface area contributed by atoms with Crippen LogP contribution in [0, 0.1) is 5.82 Å². The van der Waals surface area contributed by atoms with Crippen molar-refractivity contribution < 1.29 is 23.8 Å². The number of hydrogen-bond acceptors (Lipinski definition) is 5. The van der Waals surface area contributed by atoms with Gasteiger partial charge < -0.3 is 20.5 Å². The highest BCUT2D eigenvalue weighted by molar-refractivity contribution is 5.94. The van der Waals surface area contributed by atoms with Gasteiger partial charge in [-0.1, -0.05) is 18.2 Å². The van der Waals surface area contributed by atoms with Crippen molar-refractivity contribution >= 4 is 11.8 Å². The fourth-order valence-corrected chi connectivity index (χ4v) is 3.50. The van der Waals surface area contributed by atoms with E-state index < -0.39 is 23.9 Å². The molecule has 0 saturated carbocycles. The zero-order chi connectivity index (χ0) is 21.3. The van der Waals surface area contributed by atoms with E-state index in [-0.39, 0.29) is 30.6 Å². The summed E-state index contributed by atoms with van der Waals surface area (Å²) in [6.45, 7) is 0.186. The van der Waals surface area contributed by atoms with Crippen molar-refractivity contribution in [2.75, 3.05) is 13.2 Å². The Morgan fingerprint density at radius 3 is 2.70 bits per heavy atom. The van der Waals surface area contributed by atoms with Crippen LogP contribution in [0.3, 0.4) is 0 Å². The maximum absolute atomic E-state index is 13.8. The molecule has 0 unspecified atom stereocenters. The number of hydrogen-bond donors (Lipinski definition) is 3. The highest BCUT2D eigenvalue weighted by Crippen LogP contribution is 2.22. The number of rotatable bonds is 8. The summed E-state index contributed by atoms with van der Waals surface area (Å²) in [7, 11) is 0. The van der Waals surface area contributed by atoms with Crippen molar-refractivity contribution in [2.24, 2.45) is 0 Å². The summed E-state index contributed by atoms with van der Waals surface area (Å²) >= 11 is 0. The Balaban J connectivity index is 1.43. The molecule has 0 spiro atoms. The molecule has 1 saturated heterocycles. The van der Waals surface area contributed by atoms with Gasteiger partial charge in [0.15, 0.2) is 0 Å². The molecule has 2 heterocycles. The molecule has 160 valence electrons. The van der Waals surface area contributed by atoms with Gasteiger partial charge in [-0.2, -0.15) is 0 Å². The van der Waals surface area contributed by atoms with Crippen molar-refractivity contribution in [1.82, 2.24) is 15.6 Å². The number of amides is 2. The molecule has 8 heteroatoms. The fourth-order valence-electron chi connectivity index (χ4n) is 3.50. The Morgan fingerprint density at radius 1 is 1.17 bits per heavy atom. The molecule has 30 heavy (non-hydrogen) atoms. The summed E-state index contributed by atoms with van der Waals surface area (Å²) in [5.74, 6) is -1.23. The van der Waals surface area contributed by atoms with Crippen molar-refractivity contribution in [2.45, 2.75) is 43.9 Å². The Morgan fingerprint density at radius 2 is 1.97 bits per heavy atom. The maximum Gasteiger partial charge on any atom is 0.254 e. The number of aromatic nitrogens is 1. The minimum absolute atomic E-state index is 0.0352. The normalized spacial score (nSPS) is 21.1.